The van der Waals surface area contributed by atoms with Gasteiger partial charge in [0.25, 0.3) is 5.91 Å². The lowest BCUT2D eigenvalue weighted by Gasteiger charge is -2.10. The molecule has 1 heterocycles. The fourth-order valence-corrected chi connectivity index (χ4v) is 2.73. The summed E-state index contributed by atoms with van der Waals surface area (Å²) < 4.78 is 0. The van der Waals surface area contributed by atoms with Crippen LogP contribution < -0.4 is 10.6 Å². The fraction of sp³-hybridized carbons (Fsp3) is 0.0952. The monoisotopic (exact) mass is 342 g/mol. The average molecular weight is 342 g/mol. The number of aryl methyl sites for hydroxylation is 2. The minimum atomic E-state index is -0.315. The second kappa shape index (κ2) is 7.49. The molecular formula is C21H18N4O. The normalized spacial score (nSPS) is 10.0. The molecule has 0 saturated carbocycles. The highest BCUT2D eigenvalue weighted by atomic mass is 16.1. The molecule has 3 aromatic rings. The third-order valence-corrected chi connectivity index (χ3v) is 3.81. The van der Waals surface area contributed by atoms with E-state index in [-0.39, 0.29) is 5.91 Å². The van der Waals surface area contributed by atoms with Crippen LogP contribution in [0.25, 0.3) is 0 Å². The Hall–Kier alpha value is -3.65. The second-order valence-corrected chi connectivity index (χ2v) is 6.08. The molecule has 0 atom stereocenters. The Labute approximate surface area is 152 Å². The van der Waals surface area contributed by atoms with Crippen LogP contribution in [0.2, 0.25) is 0 Å². The molecule has 128 valence electrons. The minimum absolute atomic E-state index is 0.315. The third kappa shape index (κ3) is 4.05. The number of hydrogen-bond donors (Lipinski definition) is 2. The smallest absolute Gasteiger partial charge is 0.257 e. The lowest BCUT2D eigenvalue weighted by atomic mass is 10.1. The molecule has 0 aliphatic heterocycles. The van der Waals surface area contributed by atoms with Crippen molar-refractivity contribution in [1.82, 2.24) is 4.98 Å². The number of hydrogen-bond acceptors (Lipinski definition) is 4. The van der Waals surface area contributed by atoms with Gasteiger partial charge in [0.2, 0.25) is 0 Å². The van der Waals surface area contributed by atoms with Gasteiger partial charge in [-0.1, -0.05) is 18.2 Å². The number of benzene rings is 2. The number of amides is 1. The van der Waals surface area contributed by atoms with Gasteiger partial charge in [-0.3, -0.25) is 9.78 Å². The summed E-state index contributed by atoms with van der Waals surface area (Å²) in [5.41, 5.74) is 5.27. The van der Waals surface area contributed by atoms with Crippen LogP contribution in [-0.2, 0) is 0 Å². The van der Waals surface area contributed by atoms with E-state index in [1.54, 1.807) is 36.5 Å². The van der Waals surface area contributed by atoms with E-state index in [1.165, 1.54) is 6.20 Å². The maximum Gasteiger partial charge on any atom is 0.257 e. The van der Waals surface area contributed by atoms with Crippen LogP contribution in [0.15, 0.2) is 60.9 Å². The van der Waals surface area contributed by atoms with Gasteiger partial charge in [0.05, 0.1) is 28.7 Å². The summed E-state index contributed by atoms with van der Waals surface area (Å²) in [6.07, 6.45) is 3.16. The first-order valence-electron chi connectivity index (χ1n) is 8.16. The molecular weight excluding hydrogens is 324 g/mol. The maximum absolute atomic E-state index is 12.5. The van der Waals surface area contributed by atoms with Gasteiger partial charge in [-0.2, -0.15) is 5.26 Å². The molecule has 1 amide bonds. The highest BCUT2D eigenvalue weighted by Gasteiger charge is 2.10. The molecule has 3 rings (SSSR count). The number of carbonyl (C=O) groups excluding carboxylic acids is 1. The number of pyridine rings is 1. The number of carbonyl (C=O) groups is 1. The van der Waals surface area contributed by atoms with E-state index in [4.69, 9.17) is 5.26 Å². The van der Waals surface area contributed by atoms with Crippen LogP contribution in [-0.4, -0.2) is 10.9 Å². The highest BCUT2D eigenvalue weighted by Crippen LogP contribution is 2.21. The van der Waals surface area contributed by atoms with Crippen molar-refractivity contribution in [3.63, 3.8) is 0 Å². The molecule has 0 aliphatic carbocycles. The minimum Gasteiger partial charge on any atom is -0.354 e. The Morgan fingerprint density at radius 1 is 1.00 bits per heavy atom. The van der Waals surface area contributed by atoms with Crippen molar-refractivity contribution in [2.24, 2.45) is 0 Å². The summed E-state index contributed by atoms with van der Waals surface area (Å²) in [7, 11) is 0. The van der Waals surface area contributed by atoms with Crippen LogP contribution in [0, 0.1) is 25.2 Å². The molecule has 0 saturated heterocycles. The lowest BCUT2D eigenvalue weighted by molar-refractivity contribution is 0.102. The number of nitrogens with zero attached hydrogens (tertiary/aromatic N) is 2. The van der Waals surface area contributed by atoms with Crippen molar-refractivity contribution in [1.29, 1.82) is 5.26 Å². The summed E-state index contributed by atoms with van der Waals surface area (Å²) in [4.78, 5) is 16.6. The van der Waals surface area contributed by atoms with E-state index in [1.807, 2.05) is 26.0 Å². The van der Waals surface area contributed by atoms with Crippen LogP contribution in [0.1, 0.15) is 27.0 Å². The molecule has 5 nitrogen and oxygen atoms in total. The number of aromatic nitrogens is 1. The highest BCUT2D eigenvalue weighted by molar-refractivity contribution is 6.05. The second-order valence-electron chi connectivity index (χ2n) is 6.08. The van der Waals surface area contributed by atoms with E-state index in [0.717, 1.165) is 22.5 Å². The molecule has 0 spiro atoms. The first-order chi connectivity index (χ1) is 12.5. The fourth-order valence-electron chi connectivity index (χ4n) is 2.73. The number of nitriles is 1. The molecule has 0 radical (unpaired) electrons. The van der Waals surface area contributed by atoms with Crippen LogP contribution in [0.4, 0.5) is 17.1 Å². The Balaban J connectivity index is 1.80. The molecule has 2 N–H and O–H groups in total. The van der Waals surface area contributed by atoms with Gasteiger partial charge in [-0.25, -0.2) is 0 Å². The Morgan fingerprint density at radius 3 is 2.46 bits per heavy atom. The first-order valence-corrected chi connectivity index (χ1v) is 8.16. The van der Waals surface area contributed by atoms with Crippen molar-refractivity contribution in [2.75, 3.05) is 10.6 Å². The summed E-state index contributed by atoms with van der Waals surface area (Å²) in [6.45, 7) is 4.07. The Morgan fingerprint density at radius 2 is 1.73 bits per heavy atom. The van der Waals surface area contributed by atoms with Crippen molar-refractivity contribution in [3.8, 4) is 6.07 Å². The number of para-hydroxylation sites is 1. The van der Waals surface area contributed by atoms with Gasteiger partial charge < -0.3 is 10.6 Å². The topological polar surface area (TPSA) is 77.8 Å². The molecule has 2 aromatic carbocycles. The van der Waals surface area contributed by atoms with E-state index in [2.05, 4.69) is 27.8 Å². The number of anilines is 3. The van der Waals surface area contributed by atoms with E-state index in [0.29, 0.717) is 16.8 Å². The van der Waals surface area contributed by atoms with Crippen molar-refractivity contribution < 1.29 is 4.79 Å². The average Bonchev–Trinajstić information content (AvgIpc) is 2.61. The molecule has 5 heteroatoms. The predicted octanol–water partition coefficient (Wildman–Crippen LogP) is 4.57. The van der Waals surface area contributed by atoms with Gasteiger partial charge in [-0.05, 0) is 55.3 Å². The zero-order valence-electron chi connectivity index (χ0n) is 14.6. The molecule has 1 aromatic heterocycles. The lowest BCUT2D eigenvalue weighted by Crippen LogP contribution is -2.13. The maximum atomic E-state index is 12.5. The van der Waals surface area contributed by atoms with Gasteiger partial charge in [0.1, 0.15) is 6.07 Å². The zero-order valence-corrected chi connectivity index (χ0v) is 14.6. The standard InChI is InChI=1S/C21H18N4O/c1-14-7-15(2)9-18(8-14)24-19-10-17(12-23-13-19)21(26)25-20-6-4-3-5-16(20)11-22/h3-10,12-13,24H,1-2H3,(H,25,26). The van der Waals surface area contributed by atoms with Crippen LogP contribution in [0.5, 0.6) is 0 Å². The zero-order chi connectivity index (χ0) is 18.5. The van der Waals surface area contributed by atoms with E-state index in [9.17, 15) is 4.79 Å². The molecule has 0 unspecified atom stereocenters. The number of rotatable bonds is 4. The largest absolute Gasteiger partial charge is 0.354 e. The first kappa shape index (κ1) is 17.2. The molecule has 0 fully saturated rings. The third-order valence-electron chi connectivity index (χ3n) is 3.81. The SMILES string of the molecule is Cc1cc(C)cc(Nc2cncc(C(=O)Nc3ccccc3C#N)c2)c1. The molecule has 26 heavy (non-hydrogen) atoms. The van der Waals surface area contributed by atoms with Gasteiger partial charge in [-0.15, -0.1) is 0 Å². The summed E-state index contributed by atoms with van der Waals surface area (Å²) in [6, 6.07) is 16.8. The molecule has 0 aliphatic rings. The summed E-state index contributed by atoms with van der Waals surface area (Å²) >= 11 is 0. The van der Waals surface area contributed by atoms with E-state index >= 15 is 0 Å². The van der Waals surface area contributed by atoms with Gasteiger partial charge in [0, 0.05) is 11.9 Å². The van der Waals surface area contributed by atoms with E-state index < -0.39 is 0 Å². The van der Waals surface area contributed by atoms with Gasteiger partial charge in [0.15, 0.2) is 0 Å². The van der Waals surface area contributed by atoms with Crippen LogP contribution >= 0.6 is 0 Å². The summed E-state index contributed by atoms with van der Waals surface area (Å²) in [5, 5.41) is 15.2. The Bertz CT molecular complexity index is 985. The van der Waals surface area contributed by atoms with Crippen molar-refractivity contribution >= 4 is 23.0 Å². The Kier molecular flexibility index (Phi) is 4.95. The quantitative estimate of drug-likeness (QED) is 0.728. The van der Waals surface area contributed by atoms with Gasteiger partial charge >= 0.3 is 0 Å². The summed E-state index contributed by atoms with van der Waals surface area (Å²) in [5.74, 6) is -0.315. The van der Waals surface area contributed by atoms with Crippen LogP contribution in [0.3, 0.4) is 0 Å². The number of nitrogens with one attached hydrogen (secondary N) is 2. The predicted molar refractivity (Wildman–Crippen MR) is 103 cm³/mol. The molecule has 0 bridgehead atoms. The van der Waals surface area contributed by atoms with Crippen molar-refractivity contribution in [2.45, 2.75) is 13.8 Å². The van der Waals surface area contributed by atoms with Crippen molar-refractivity contribution in [3.05, 3.63) is 83.2 Å².